The predicted molar refractivity (Wildman–Crippen MR) is 173 cm³/mol. The second-order valence-corrected chi connectivity index (χ2v) is 11.6. The van der Waals surface area contributed by atoms with Crippen LogP contribution in [-0.4, -0.2) is 11.7 Å². The van der Waals surface area contributed by atoms with Gasteiger partial charge in [0.1, 0.15) is 0 Å². The van der Waals surface area contributed by atoms with Gasteiger partial charge >= 0.3 is 0 Å². The molecule has 4 nitrogen and oxygen atoms in total. The summed E-state index contributed by atoms with van der Waals surface area (Å²) in [6, 6.07) is 35.9. The van der Waals surface area contributed by atoms with Crippen molar-refractivity contribution in [3.63, 3.8) is 0 Å². The van der Waals surface area contributed by atoms with Crippen LogP contribution in [0.3, 0.4) is 0 Å². The van der Waals surface area contributed by atoms with Crippen molar-refractivity contribution in [2.75, 3.05) is 5.32 Å². The number of rotatable bonds is 6. The van der Waals surface area contributed by atoms with Gasteiger partial charge in [0, 0.05) is 23.4 Å². The molecule has 0 radical (unpaired) electrons. The fourth-order valence-corrected chi connectivity index (χ4v) is 6.87. The Kier molecular flexibility index (Phi) is 7.22. The number of amides is 1. The highest BCUT2D eigenvalue weighted by atomic mass is 16.1. The topological polar surface area (TPSA) is 72.2 Å². The first kappa shape index (κ1) is 27.1. The summed E-state index contributed by atoms with van der Waals surface area (Å²) in [6.07, 6.45) is 5.21. The maximum Gasteiger partial charge on any atom is 0.256 e. The first-order valence-corrected chi connectivity index (χ1v) is 15.2. The monoisotopic (exact) mass is 562 g/mol. The maximum atomic E-state index is 14.2. The molecule has 0 saturated heterocycles. The van der Waals surface area contributed by atoms with Crippen LogP contribution >= 0.6 is 0 Å². The van der Waals surface area contributed by atoms with Gasteiger partial charge < -0.3 is 11.1 Å². The van der Waals surface area contributed by atoms with E-state index in [2.05, 4.69) is 41.7 Å². The second kappa shape index (κ2) is 11.5. The summed E-state index contributed by atoms with van der Waals surface area (Å²) in [5.74, 6) is -0.267. The number of hydrogen-bond acceptors (Lipinski definition) is 3. The Morgan fingerprint density at radius 1 is 0.698 bits per heavy atom. The normalized spacial score (nSPS) is 15.1. The number of carbonyl (C=O) groups is 2. The predicted octanol–water partition coefficient (Wildman–Crippen LogP) is 8.13. The van der Waals surface area contributed by atoms with E-state index in [0.29, 0.717) is 29.8 Å². The molecule has 0 aliphatic heterocycles. The van der Waals surface area contributed by atoms with Crippen LogP contribution < -0.4 is 11.1 Å². The molecule has 1 atom stereocenters. The van der Waals surface area contributed by atoms with E-state index in [9.17, 15) is 9.59 Å². The number of benzene rings is 5. The lowest BCUT2D eigenvalue weighted by molar-refractivity contribution is 0.0957. The van der Waals surface area contributed by atoms with E-state index in [0.717, 1.165) is 29.5 Å². The Balaban J connectivity index is 1.15. The third-order valence-electron chi connectivity index (χ3n) is 9.07. The van der Waals surface area contributed by atoms with Crippen molar-refractivity contribution in [1.29, 1.82) is 0 Å². The highest BCUT2D eigenvalue weighted by Gasteiger charge is 2.33. The van der Waals surface area contributed by atoms with Crippen LogP contribution in [0.15, 0.2) is 109 Å². The number of anilines is 1. The first-order valence-electron chi connectivity index (χ1n) is 15.2. The van der Waals surface area contributed by atoms with E-state index in [-0.39, 0.29) is 17.6 Å². The molecule has 2 aliphatic rings. The van der Waals surface area contributed by atoms with Crippen LogP contribution in [0.25, 0.3) is 22.3 Å². The highest BCUT2D eigenvalue weighted by molar-refractivity contribution is 6.09. The van der Waals surface area contributed by atoms with E-state index in [4.69, 9.17) is 5.73 Å². The minimum absolute atomic E-state index is 0.138. The molecule has 0 spiro atoms. The van der Waals surface area contributed by atoms with Crippen molar-refractivity contribution < 1.29 is 9.59 Å². The van der Waals surface area contributed by atoms with Gasteiger partial charge in [-0.15, -0.1) is 0 Å². The van der Waals surface area contributed by atoms with Gasteiger partial charge in [0.2, 0.25) is 0 Å². The molecule has 43 heavy (non-hydrogen) atoms. The molecule has 0 bridgehead atoms. The quantitative estimate of drug-likeness (QED) is 0.205. The number of hydrogen-bond donors (Lipinski definition) is 2. The summed E-state index contributed by atoms with van der Waals surface area (Å²) in [6.45, 7) is 0.476. The molecule has 212 valence electrons. The zero-order valence-corrected chi connectivity index (χ0v) is 24.1. The van der Waals surface area contributed by atoms with E-state index >= 15 is 0 Å². The maximum absolute atomic E-state index is 14.2. The van der Waals surface area contributed by atoms with Crippen molar-refractivity contribution in [1.82, 2.24) is 0 Å². The van der Waals surface area contributed by atoms with Gasteiger partial charge in [0.15, 0.2) is 5.78 Å². The SMILES string of the molecule is NCc1ccc(-c2ccccc2C(=O)Nc2ccc(C(=O)C3Cc4ccccc4-c4ccc5c(c43)CCCC5)cc2)cc1. The van der Waals surface area contributed by atoms with E-state index in [1.54, 1.807) is 0 Å². The number of ketones is 1. The van der Waals surface area contributed by atoms with Crippen molar-refractivity contribution >= 4 is 17.4 Å². The van der Waals surface area contributed by atoms with Crippen molar-refractivity contribution in [3.8, 4) is 22.3 Å². The number of carbonyl (C=O) groups excluding carboxylic acids is 2. The Hall–Kier alpha value is -4.80. The lowest BCUT2D eigenvalue weighted by atomic mass is 9.71. The van der Waals surface area contributed by atoms with Gasteiger partial charge in [-0.3, -0.25) is 9.59 Å². The van der Waals surface area contributed by atoms with E-state index in [1.165, 1.54) is 46.2 Å². The molecule has 1 unspecified atom stereocenters. The molecule has 0 aromatic heterocycles. The van der Waals surface area contributed by atoms with Gasteiger partial charge in [-0.05, 0) is 113 Å². The van der Waals surface area contributed by atoms with Crippen LogP contribution in [0, 0.1) is 0 Å². The van der Waals surface area contributed by atoms with Crippen LogP contribution in [-0.2, 0) is 25.8 Å². The van der Waals surface area contributed by atoms with Gasteiger partial charge in [-0.2, -0.15) is 0 Å². The molecular formula is C39H34N2O2. The fraction of sp³-hybridized carbons (Fsp3) is 0.179. The molecule has 5 aromatic carbocycles. The van der Waals surface area contributed by atoms with Crippen molar-refractivity contribution in [2.45, 2.75) is 44.6 Å². The van der Waals surface area contributed by atoms with Gasteiger partial charge in [0.25, 0.3) is 5.91 Å². The first-order chi connectivity index (χ1) is 21.1. The summed E-state index contributed by atoms with van der Waals surface area (Å²) in [5.41, 5.74) is 18.2. The van der Waals surface area contributed by atoms with Crippen LogP contribution in [0.2, 0.25) is 0 Å². The van der Waals surface area contributed by atoms with Gasteiger partial charge in [-0.25, -0.2) is 0 Å². The summed E-state index contributed by atoms with van der Waals surface area (Å²) in [5, 5.41) is 3.04. The molecule has 3 N–H and O–H groups in total. The van der Waals surface area contributed by atoms with E-state index in [1.807, 2.05) is 72.8 Å². The number of nitrogens with one attached hydrogen (secondary N) is 1. The Morgan fingerprint density at radius 3 is 2.21 bits per heavy atom. The van der Waals surface area contributed by atoms with Crippen LogP contribution in [0.5, 0.6) is 0 Å². The zero-order chi connectivity index (χ0) is 29.3. The van der Waals surface area contributed by atoms with Crippen LogP contribution in [0.4, 0.5) is 5.69 Å². The summed E-state index contributed by atoms with van der Waals surface area (Å²) < 4.78 is 0. The van der Waals surface area contributed by atoms with Crippen molar-refractivity contribution in [3.05, 3.63) is 148 Å². The third kappa shape index (κ3) is 5.09. The van der Waals surface area contributed by atoms with E-state index < -0.39 is 0 Å². The largest absolute Gasteiger partial charge is 0.326 e. The minimum Gasteiger partial charge on any atom is -0.326 e. The average molecular weight is 563 g/mol. The smallest absolute Gasteiger partial charge is 0.256 e. The molecular weight excluding hydrogens is 528 g/mol. The highest BCUT2D eigenvalue weighted by Crippen LogP contribution is 2.45. The summed E-state index contributed by atoms with van der Waals surface area (Å²) in [4.78, 5) is 27.6. The lowest BCUT2D eigenvalue weighted by Gasteiger charge is -2.32. The molecule has 2 aliphatic carbocycles. The Bertz CT molecular complexity index is 1840. The average Bonchev–Trinajstić information content (AvgIpc) is 3.07. The molecule has 4 heteroatoms. The molecule has 1 amide bonds. The summed E-state index contributed by atoms with van der Waals surface area (Å²) in [7, 11) is 0. The number of aryl methyl sites for hydroxylation is 1. The molecule has 0 heterocycles. The third-order valence-corrected chi connectivity index (χ3v) is 9.07. The standard InChI is InChI=1S/C39H34N2O2/c40-24-25-13-15-27(16-14-25)31-9-5-6-12-35(31)39(43)41-30-20-17-28(18-21-30)38(42)36-23-29-8-2-3-10-32(29)34-22-19-26-7-1-4-11-33(26)37(34)36/h2-3,5-6,8-10,12-22,36H,1,4,7,11,23-24,40H2,(H,41,43). The van der Waals surface area contributed by atoms with Gasteiger partial charge in [-0.1, -0.05) is 78.9 Å². The lowest BCUT2D eigenvalue weighted by Crippen LogP contribution is -2.23. The molecule has 0 saturated carbocycles. The molecule has 7 rings (SSSR count). The molecule has 5 aromatic rings. The zero-order valence-electron chi connectivity index (χ0n) is 24.1. The fourth-order valence-electron chi connectivity index (χ4n) is 6.87. The Labute approximate surface area is 252 Å². The van der Waals surface area contributed by atoms with Crippen LogP contribution in [0.1, 0.15) is 67.3 Å². The van der Waals surface area contributed by atoms with Gasteiger partial charge in [0.05, 0.1) is 5.92 Å². The number of fused-ring (bicyclic) bond motifs is 5. The second-order valence-electron chi connectivity index (χ2n) is 11.6. The Morgan fingerprint density at radius 2 is 1.42 bits per heavy atom. The number of Topliss-reactive ketones (excluding diaryl/α,β-unsaturated/α-hetero) is 1. The van der Waals surface area contributed by atoms with Crippen molar-refractivity contribution in [2.24, 2.45) is 5.73 Å². The summed E-state index contributed by atoms with van der Waals surface area (Å²) >= 11 is 0. The molecule has 0 fully saturated rings. The minimum atomic E-state index is -0.212. The number of nitrogens with two attached hydrogens (primary N) is 1.